The number of halogens is 2. The van der Waals surface area contributed by atoms with E-state index in [0.717, 1.165) is 15.6 Å². The average Bonchev–Trinajstić information content (AvgIpc) is 2.45. The number of hydrogen-bond donors (Lipinski definition) is 1. The number of benzene rings is 2. The zero-order valence-electron chi connectivity index (χ0n) is 11.1. The highest BCUT2D eigenvalue weighted by Crippen LogP contribution is 2.21. The molecule has 0 bridgehead atoms. The standard InChI is InChI=1S/C16H15ClINO/c1-2-15(11-6-5-7-12(17)10-11)19-16(20)13-8-3-4-9-14(13)18/h3-10,15H,2H2,1H3,(H,19,20). The Morgan fingerprint density at radius 3 is 2.65 bits per heavy atom. The van der Waals surface area contributed by atoms with Gasteiger partial charge in [0.05, 0.1) is 11.6 Å². The molecule has 2 aromatic carbocycles. The van der Waals surface area contributed by atoms with Gasteiger partial charge in [-0.3, -0.25) is 4.79 Å². The van der Waals surface area contributed by atoms with Crippen molar-refractivity contribution in [2.45, 2.75) is 19.4 Å². The van der Waals surface area contributed by atoms with Crippen LogP contribution in [0.25, 0.3) is 0 Å². The first-order valence-electron chi connectivity index (χ1n) is 6.42. The number of rotatable bonds is 4. The van der Waals surface area contributed by atoms with Gasteiger partial charge in [-0.2, -0.15) is 0 Å². The molecule has 0 heterocycles. The number of hydrogen-bond acceptors (Lipinski definition) is 1. The summed E-state index contributed by atoms with van der Waals surface area (Å²) in [5.41, 5.74) is 1.73. The van der Waals surface area contributed by atoms with Crippen LogP contribution < -0.4 is 5.32 Å². The minimum absolute atomic E-state index is 0.0304. The molecule has 0 aliphatic rings. The molecule has 1 amide bonds. The van der Waals surface area contributed by atoms with Gasteiger partial charge in [0.2, 0.25) is 0 Å². The Morgan fingerprint density at radius 1 is 1.25 bits per heavy atom. The van der Waals surface area contributed by atoms with Gasteiger partial charge in [-0.15, -0.1) is 0 Å². The second-order valence-corrected chi connectivity index (χ2v) is 6.07. The molecule has 0 saturated carbocycles. The summed E-state index contributed by atoms with van der Waals surface area (Å²) >= 11 is 8.18. The molecular formula is C16H15ClINO. The first kappa shape index (κ1) is 15.3. The van der Waals surface area contributed by atoms with Gasteiger partial charge in [-0.05, 0) is 58.8 Å². The molecule has 0 radical (unpaired) electrons. The number of carbonyl (C=O) groups excluding carboxylic acids is 1. The van der Waals surface area contributed by atoms with Crippen LogP contribution in [-0.4, -0.2) is 5.91 Å². The van der Waals surface area contributed by atoms with Crippen LogP contribution in [0.4, 0.5) is 0 Å². The summed E-state index contributed by atoms with van der Waals surface area (Å²) in [4.78, 5) is 12.3. The molecular weight excluding hydrogens is 385 g/mol. The van der Waals surface area contributed by atoms with Crippen molar-refractivity contribution in [3.8, 4) is 0 Å². The van der Waals surface area contributed by atoms with E-state index in [9.17, 15) is 4.79 Å². The number of carbonyl (C=O) groups is 1. The fourth-order valence-corrected chi connectivity index (χ4v) is 2.86. The second kappa shape index (κ2) is 7.09. The van der Waals surface area contributed by atoms with Crippen LogP contribution in [0.2, 0.25) is 5.02 Å². The van der Waals surface area contributed by atoms with Crippen molar-refractivity contribution in [3.63, 3.8) is 0 Å². The molecule has 2 aromatic rings. The Balaban J connectivity index is 2.19. The predicted molar refractivity (Wildman–Crippen MR) is 91.1 cm³/mol. The summed E-state index contributed by atoms with van der Waals surface area (Å²) in [6.45, 7) is 2.04. The summed E-state index contributed by atoms with van der Waals surface area (Å²) in [6.07, 6.45) is 0.815. The fourth-order valence-electron chi connectivity index (χ4n) is 2.03. The summed E-state index contributed by atoms with van der Waals surface area (Å²) in [5, 5.41) is 3.75. The Morgan fingerprint density at radius 2 is 2.00 bits per heavy atom. The Kier molecular flexibility index (Phi) is 5.43. The number of amides is 1. The van der Waals surface area contributed by atoms with Crippen molar-refractivity contribution in [1.29, 1.82) is 0 Å². The molecule has 0 spiro atoms. The van der Waals surface area contributed by atoms with Gasteiger partial charge in [0.15, 0.2) is 0 Å². The summed E-state index contributed by atoms with van der Waals surface area (Å²) in [5.74, 6) is -0.0539. The molecule has 0 saturated heterocycles. The normalized spacial score (nSPS) is 11.9. The smallest absolute Gasteiger partial charge is 0.252 e. The van der Waals surface area contributed by atoms with Crippen molar-refractivity contribution < 1.29 is 4.79 Å². The number of nitrogens with one attached hydrogen (secondary N) is 1. The predicted octanol–water partition coefficient (Wildman–Crippen LogP) is 4.83. The van der Waals surface area contributed by atoms with Gasteiger partial charge in [0, 0.05) is 8.59 Å². The van der Waals surface area contributed by atoms with Crippen LogP contribution in [0.1, 0.15) is 35.3 Å². The average molecular weight is 400 g/mol. The van der Waals surface area contributed by atoms with Gasteiger partial charge in [0.25, 0.3) is 5.91 Å². The summed E-state index contributed by atoms with van der Waals surface area (Å²) < 4.78 is 0.948. The highest BCUT2D eigenvalue weighted by atomic mass is 127. The van der Waals surface area contributed by atoms with Crippen molar-refractivity contribution in [1.82, 2.24) is 5.32 Å². The van der Waals surface area contributed by atoms with Crippen molar-refractivity contribution in [3.05, 3.63) is 68.3 Å². The topological polar surface area (TPSA) is 29.1 Å². The van der Waals surface area contributed by atoms with Gasteiger partial charge < -0.3 is 5.32 Å². The van der Waals surface area contributed by atoms with Gasteiger partial charge >= 0.3 is 0 Å². The van der Waals surface area contributed by atoms with Crippen molar-refractivity contribution in [2.75, 3.05) is 0 Å². The molecule has 1 N–H and O–H groups in total. The SMILES string of the molecule is CCC(NC(=O)c1ccccc1I)c1cccc(Cl)c1. The maximum absolute atomic E-state index is 12.3. The maximum Gasteiger partial charge on any atom is 0.252 e. The Hall–Kier alpha value is -1.07. The monoisotopic (exact) mass is 399 g/mol. The second-order valence-electron chi connectivity index (χ2n) is 4.47. The minimum Gasteiger partial charge on any atom is -0.345 e. The molecule has 0 aliphatic heterocycles. The van der Waals surface area contributed by atoms with Crippen LogP contribution in [0.15, 0.2) is 48.5 Å². The third-order valence-corrected chi connectivity index (χ3v) is 4.26. The molecule has 2 nitrogen and oxygen atoms in total. The molecule has 0 fully saturated rings. The zero-order valence-corrected chi connectivity index (χ0v) is 14.0. The Labute approximate surface area is 137 Å². The third kappa shape index (κ3) is 3.73. The minimum atomic E-state index is -0.0539. The van der Waals surface area contributed by atoms with E-state index in [1.54, 1.807) is 0 Å². The first-order valence-corrected chi connectivity index (χ1v) is 7.88. The lowest BCUT2D eigenvalue weighted by molar-refractivity contribution is 0.0934. The van der Waals surface area contributed by atoms with E-state index < -0.39 is 0 Å². The molecule has 2 rings (SSSR count). The zero-order chi connectivity index (χ0) is 14.5. The van der Waals surface area contributed by atoms with Crippen LogP contribution >= 0.6 is 34.2 Å². The van der Waals surface area contributed by atoms with Crippen LogP contribution in [-0.2, 0) is 0 Å². The van der Waals surface area contributed by atoms with Crippen LogP contribution in [0.5, 0.6) is 0 Å². The molecule has 1 unspecified atom stereocenters. The van der Waals surface area contributed by atoms with Gasteiger partial charge in [-0.25, -0.2) is 0 Å². The quantitative estimate of drug-likeness (QED) is 0.733. The van der Waals surface area contributed by atoms with Crippen LogP contribution in [0.3, 0.4) is 0 Å². The van der Waals surface area contributed by atoms with E-state index >= 15 is 0 Å². The maximum atomic E-state index is 12.3. The van der Waals surface area contributed by atoms with Crippen LogP contribution in [0, 0.1) is 3.57 Å². The van der Waals surface area contributed by atoms with Crippen molar-refractivity contribution >= 4 is 40.1 Å². The first-order chi connectivity index (χ1) is 9.61. The van der Waals surface area contributed by atoms with Crippen molar-refractivity contribution in [2.24, 2.45) is 0 Å². The lowest BCUT2D eigenvalue weighted by Crippen LogP contribution is -2.28. The fraction of sp³-hybridized carbons (Fsp3) is 0.188. The molecule has 20 heavy (non-hydrogen) atoms. The lowest BCUT2D eigenvalue weighted by atomic mass is 10.0. The highest BCUT2D eigenvalue weighted by molar-refractivity contribution is 14.1. The molecule has 0 aliphatic carbocycles. The Bertz CT molecular complexity index is 615. The summed E-state index contributed by atoms with van der Waals surface area (Å²) in [6, 6.07) is 15.1. The lowest BCUT2D eigenvalue weighted by Gasteiger charge is -2.18. The van der Waals surface area contributed by atoms with E-state index in [0.29, 0.717) is 10.6 Å². The van der Waals surface area contributed by atoms with E-state index in [-0.39, 0.29) is 11.9 Å². The largest absolute Gasteiger partial charge is 0.345 e. The molecule has 0 aromatic heterocycles. The summed E-state index contributed by atoms with van der Waals surface area (Å²) in [7, 11) is 0. The highest BCUT2D eigenvalue weighted by Gasteiger charge is 2.15. The molecule has 1 atom stereocenters. The molecule has 4 heteroatoms. The van der Waals surface area contributed by atoms with E-state index in [1.807, 2.05) is 55.5 Å². The van der Waals surface area contributed by atoms with Gasteiger partial charge in [-0.1, -0.05) is 42.8 Å². The third-order valence-electron chi connectivity index (χ3n) is 3.08. The van der Waals surface area contributed by atoms with E-state index in [2.05, 4.69) is 27.9 Å². The van der Waals surface area contributed by atoms with Gasteiger partial charge in [0.1, 0.15) is 0 Å². The van der Waals surface area contributed by atoms with E-state index in [1.165, 1.54) is 0 Å². The van der Waals surface area contributed by atoms with E-state index in [4.69, 9.17) is 11.6 Å². The molecule has 104 valence electrons.